The van der Waals surface area contributed by atoms with Crippen molar-refractivity contribution in [3.63, 3.8) is 0 Å². The SMILES string of the molecule is Cc1ccccc1S(=O)(=O)N1COC(=O)[C@@H]1CCC(=O)OOC(=O)CC[C@H]1C(=O)OCN1S(=O)(=O)c1ccccc1C. The van der Waals surface area contributed by atoms with Crippen LogP contribution in [-0.4, -0.2) is 74.9 Å². The van der Waals surface area contributed by atoms with Crippen LogP contribution in [0.4, 0.5) is 0 Å². The van der Waals surface area contributed by atoms with Crippen molar-refractivity contribution < 1.29 is 55.3 Å². The van der Waals surface area contributed by atoms with Crippen LogP contribution in [0.25, 0.3) is 0 Å². The van der Waals surface area contributed by atoms with E-state index in [1.165, 1.54) is 24.3 Å². The predicted octanol–water partition coefficient (Wildman–Crippen LogP) is 1.31. The summed E-state index contributed by atoms with van der Waals surface area (Å²) in [6.07, 6.45) is -1.60. The van der Waals surface area contributed by atoms with Gasteiger partial charge in [-0.3, -0.25) is 9.59 Å². The van der Waals surface area contributed by atoms with E-state index in [0.717, 1.165) is 8.61 Å². The number of sulfonamides is 2. The molecule has 2 aromatic carbocycles. The van der Waals surface area contributed by atoms with E-state index in [-0.39, 0.29) is 22.6 Å². The second kappa shape index (κ2) is 12.6. The minimum Gasteiger partial charge on any atom is -0.447 e. The molecular weight excluding hydrogens is 596 g/mol. The number of benzene rings is 2. The van der Waals surface area contributed by atoms with E-state index in [2.05, 4.69) is 9.78 Å². The highest BCUT2D eigenvalue weighted by molar-refractivity contribution is 7.89. The quantitative estimate of drug-likeness (QED) is 0.210. The zero-order valence-electron chi connectivity index (χ0n) is 22.6. The average Bonchev–Trinajstić information content (AvgIpc) is 3.52. The fourth-order valence-corrected chi connectivity index (χ4v) is 7.88. The summed E-state index contributed by atoms with van der Waals surface area (Å²) in [6.45, 7) is 2.15. The predicted molar refractivity (Wildman–Crippen MR) is 141 cm³/mol. The molecule has 0 spiro atoms. The molecule has 0 radical (unpaired) electrons. The van der Waals surface area contributed by atoms with Gasteiger partial charge in [0.15, 0.2) is 13.5 Å². The Bertz CT molecular complexity index is 1490. The summed E-state index contributed by atoms with van der Waals surface area (Å²) in [5, 5.41) is 0. The lowest BCUT2D eigenvalue weighted by molar-refractivity contribution is -0.259. The molecule has 2 aromatic rings. The van der Waals surface area contributed by atoms with E-state index < -0.39 is 82.3 Å². The Morgan fingerprint density at radius 2 is 1.07 bits per heavy atom. The third-order valence-electron chi connectivity index (χ3n) is 6.74. The molecule has 0 aliphatic carbocycles. The number of cyclic esters (lactones) is 2. The zero-order chi connectivity index (χ0) is 30.7. The lowest BCUT2D eigenvalue weighted by Crippen LogP contribution is -2.39. The first-order valence-electron chi connectivity index (χ1n) is 12.7. The number of rotatable bonds is 10. The van der Waals surface area contributed by atoms with Crippen molar-refractivity contribution in [2.45, 2.75) is 61.4 Å². The van der Waals surface area contributed by atoms with E-state index in [1.807, 2.05) is 0 Å². The van der Waals surface area contributed by atoms with Crippen molar-refractivity contribution in [1.29, 1.82) is 0 Å². The van der Waals surface area contributed by atoms with E-state index in [4.69, 9.17) is 9.47 Å². The molecule has 2 saturated heterocycles. The monoisotopic (exact) mass is 624 g/mol. The van der Waals surface area contributed by atoms with E-state index >= 15 is 0 Å². The van der Waals surface area contributed by atoms with Gasteiger partial charge in [-0.25, -0.2) is 36.2 Å². The van der Waals surface area contributed by atoms with Crippen LogP contribution in [0.5, 0.6) is 0 Å². The molecule has 42 heavy (non-hydrogen) atoms. The molecule has 0 amide bonds. The number of hydrogen-bond acceptors (Lipinski definition) is 12. The number of carbonyl (C=O) groups is 4. The van der Waals surface area contributed by atoms with Crippen LogP contribution in [0.15, 0.2) is 58.3 Å². The molecule has 2 atom stereocenters. The Morgan fingerprint density at radius 1 is 0.714 bits per heavy atom. The molecule has 0 aromatic heterocycles. The zero-order valence-corrected chi connectivity index (χ0v) is 24.3. The van der Waals surface area contributed by atoms with Crippen LogP contribution in [0.2, 0.25) is 0 Å². The number of nitrogens with zero attached hydrogens (tertiary/aromatic N) is 2. The average molecular weight is 625 g/mol. The molecule has 2 aliphatic heterocycles. The van der Waals surface area contributed by atoms with Gasteiger partial charge >= 0.3 is 23.9 Å². The maximum Gasteiger partial charge on any atom is 0.355 e. The minimum absolute atomic E-state index is 0.0128. The molecule has 4 rings (SSSR count). The van der Waals surface area contributed by atoms with Crippen LogP contribution in [0.1, 0.15) is 36.8 Å². The molecule has 0 bridgehead atoms. The largest absolute Gasteiger partial charge is 0.447 e. The van der Waals surface area contributed by atoms with Crippen molar-refractivity contribution in [1.82, 2.24) is 8.61 Å². The first-order chi connectivity index (χ1) is 19.8. The van der Waals surface area contributed by atoms with Crippen molar-refractivity contribution in [2.75, 3.05) is 13.5 Å². The smallest absolute Gasteiger partial charge is 0.355 e. The van der Waals surface area contributed by atoms with Gasteiger partial charge in [0.05, 0.1) is 22.6 Å². The molecule has 0 unspecified atom stereocenters. The Labute approximate surface area is 242 Å². The first-order valence-corrected chi connectivity index (χ1v) is 15.6. The molecular formula is C26H28N2O12S2. The van der Waals surface area contributed by atoms with Crippen molar-refractivity contribution in [2.24, 2.45) is 0 Å². The van der Waals surface area contributed by atoms with Gasteiger partial charge in [0.1, 0.15) is 12.1 Å². The van der Waals surface area contributed by atoms with Gasteiger partial charge in [-0.1, -0.05) is 36.4 Å². The van der Waals surface area contributed by atoms with Crippen molar-refractivity contribution in [3.05, 3.63) is 59.7 Å². The summed E-state index contributed by atoms with van der Waals surface area (Å²) in [6, 6.07) is 9.79. The standard InChI is InChI=1S/C26H28N2O12S2/c1-17-7-3-5-9-21(17)41(33,34)27-15-37-25(31)19(27)11-13-23(29)39-40-24(30)14-12-20-26(32)38-16-28(20)42(35,36)22-10-6-4-8-18(22)2/h3-10,19-20H,11-16H2,1-2H3/t19-,20-/m0/s1. The van der Waals surface area contributed by atoms with Crippen LogP contribution in [0, 0.1) is 13.8 Å². The molecule has 2 heterocycles. The summed E-state index contributed by atoms with van der Waals surface area (Å²) >= 11 is 0. The highest BCUT2D eigenvalue weighted by Gasteiger charge is 2.44. The number of ether oxygens (including phenoxy) is 2. The van der Waals surface area contributed by atoms with Crippen LogP contribution >= 0.6 is 0 Å². The Kier molecular flexibility index (Phi) is 9.30. The molecule has 0 N–H and O–H groups in total. The minimum atomic E-state index is -4.11. The maximum absolute atomic E-state index is 13.1. The fraction of sp³-hybridized carbons (Fsp3) is 0.385. The van der Waals surface area contributed by atoms with Gasteiger partial charge in [-0.05, 0) is 49.9 Å². The Hall–Kier alpha value is -3.86. The van der Waals surface area contributed by atoms with Gasteiger partial charge in [-0.2, -0.15) is 0 Å². The second-order valence-corrected chi connectivity index (χ2v) is 13.2. The summed E-state index contributed by atoms with van der Waals surface area (Å²) in [4.78, 5) is 57.8. The molecule has 226 valence electrons. The third kappa shape index (κ3) is 6.46. The third-order valence-corrected chi connectivity index (χ3v) is 10.7. The highest BCUT2D eigenvalue weighted by Crippen LogP contribution is 2.29. The lowest BCUT2D eigenvalue weighted by atomic mass is 10.2. The van der Waals surface area contributed by atoms with E-state index in [9.17, 15) is 36.0 Å². The van der Waals surface area contributed by atoms with Gasteiger partial charge in [0.2, 0.25) is 20.0 Å². The van der Waals surface area contributed by atoms with Gasteiger partial charge < -0.3 is 9.47 Å². The van der Waals surface area contributed by atoms with E-state index in [1.54, 1.807) is 38.1 Å². The Balaban J connectivity index is 1.29. The molecule has 0 saturated carbocycles. The van der Waals surface area contributed by atoms with Crippen LogP contribution < -0.4 is 0 Å². The van der Waals surface area contributed by atoms with Crippen LogP contribution in [0.3, 0.4) is 0 Å². The fourth-order valence-electron chi connectivity index (χ4n) is 4.49. The van der Waals surface area contributed by atoms with Crippen LogP contribution in [-0.2, 0) is 58.5 Å². The maximum atomic E-state index is 13.1. The number of esters is 2. The highest BCUT2D eigenvalue weighted by atomic mass is 32.2. The molecule has 14 nitrogen and oxygen atoms in total. The molecule has 16 heteroatoms. The van der Waals surface area contributed by atoms with E-state index in [0.29, 0.717) is 11.1 Å². The molecule has 2 fully saturated rings. The Morgan fingerprint density at radius 3 is 1.43 bits per heavy atom. The number of carbonyl (C=O) groups excluding carboxylic acids is 4. The van der Waals surface area contributed by atoms with Gasteiger partial charge in [-0.15, -0.1) is 8.61 Å². The van der Waals surface area contributed by atoms with Gasteiger partial charge in [0.25, 0.3) is 0 Å². The summed E-state index contributed by atoms with van der Waals surface area (Å²) in [7, 11) is -8.23. The second-order valence-electron chi connectivity index (χ2n) is 9.52. The summed E-state index contributed by atoms with van der Waals surface area (Å²) < 4.78 is 63.8. The number of hydrogen-bond donors (Lipinski definition) is 0. The van der Waals surface area contributed by atoms with Crippen molar-refractivity contribution >= 4 is 43.9 Å². The topological polar surface area (TPSA) is 180 Å². The molecule has 2 aliphatic rings. The normalized spacial score (nSPS) is 19.8. The summed E-state index contributed by atoms with van der Waals surface area (Å²) in [5.41, 5.74) is 0.923. The number of aryl methyl sites for hydroxylation is 2. The summed E-state index contributed by atoms with van der Waals surface area (Å²) in [5.74, 6) is -3.82. The first kappa shape index (κ1) is 31.1. The lowest BCUT2D eigenvalue weighted by Gasteiger charge is -2.20. The van der Waals surface area contributed by atoms with Gasteiger partial charge in [0, 0.05) is 0 Å². The van der Waals surface area contributed by atoms with Crippen molar-refractivity contribution in [3.8, 4) is 0 Å².